The van der Waals surface area contributed by atoms with Crippen LogP contribution in [0.25, 0.3) is 0 Å². The maximum absolute atomic E-state index is 11.9. The van der Waals surface area contributed by atoms with Gasteiger partial charge in [-0.2, -0.15) is 0 Å². The fourth-order valence-corrected chi connectivity index (χ4v) is 2.22. The lowest BCUT2D eigenvalue weighted by atomic mass is 10.0. The summed E-state index contributed by atoms with van der Waals surface area (Å²) in [6, 6.07) is 13.6. The Balaban J connectivity index is 1.88. The summed E-state index contributed by atoms with van der Waals surface area (Å²) < 4.78 is 0. The summed E-state index contributed by atoms with van der Waals surface area (Å²) in [5, 5.41) is 6.58. The highest BCUT2D eigenvalue weighted by molar-refractivity contribution is 6.31. The molecule has 0 aliphatic carbocycles. The van der Waals surface area contributed by atoms with E-state index in [1.165, 1.54) is 5.56 Å². The van der Waals surface area contributed by atoms with Gasteiger partial charge in [0.25, 0.3) is 0 Å². The van der Waals surface area contributed by atoms with Crippen molar-refractivity contribution in [1.29, 1.82) is 0 Å². The van der Waals surface area contributed by atoms with Crippen molar-refractivity contribution >= 4 is 28.9 Å². The molecule has 2 aromatic rings. The molecule has 0 spiro atoms. The summed E-state index contributed by atoms with van der Waals surface area (Å²) in [6.45, 7) is 6.45. The number of anilines is 2. The first-order valence-electron chi connectivity index (χ1n) is 7.35. The second-order valence-electron chi connectivity index (χ2n) is 5.64. The Hall–Kier alpha value is -2.00. The molecule has 0 radical (unpaired) electrons. The first-order valence-corrected chi connectivity index (χ1v) is 7.73. The van der Waals surface area contributed by atoms with E-state index in [4.69, 9.17) is 11.6 Å². The number of nitrogens with one attached hydrogen (secondary N) is 2. The van der Waals surface area contributed by atoms with E-state index < -0.39 is 0 Å². The Bertz CT molecular complexity index is 651. The van der Waals surface area contributed by atoms with Crippen LogP contribution in [0.15, 0.2) is 42.5 Å². The van der Waals surface area contributed by atoms with Gasteiger partial charge in [-0.3, -0.25) is 4.79 Å². The van der Waals surface area contributed by atoms with Crippen LogP contribution in [0, 0.1) is 6.92 Å². The summed E-state index contributed by atoms with van der Waals surface area (Å²) in [6.07, 6.45) is 0. The van der Waals surface area contributed by atoms with Crippen LogP contribution < -0.4 is 10.6 Å². The van der Waals surface area contributed by atoms with Gasteiger partial charge in [0.2, 0.25) is 5.91 Å². The standard InChI is InChI=1S/C18H21ClN2O/c1-12(2)14-5-8-15(9-6-14)20-11-18(22)21-16-7-4-13(3)17(19)10-16/h4-10,12,20H,11H2,1-3H3,(H,21,22). The number of carbonyl (C=O) groups excluding carboxylic acids is 1. The lowest BCUT2D eigenvalue weighted by Gasteiger charge is -2.10. The molecule has 4 heteroatoms. The van der Waals surface area contributed by atoms with Crippen LogP contribution in [0.3, 0.4) is 0 Å². The van der Waals surface area contributed by atoms with Crippen LogP contribution in [0.1, 0.15) is 30.9 Å². The number of carbonyl (C=O) groups is 1. The van der Waals surface area contributed by atoms with E-state index in [1.54, 1.807) is 6.07 Å². The van der Waals surface area contributed by atoms with Gasteiger partial charge in [-0.25, -0.2) is 0 Å². The van der Waals surface area contributed by atoms with Gasteiger partial charge in [0.05, 0.1) is 6.54 Å². The molecule has 0 aromatic heterocycles. The number of amides is 1. The fourth-order valence-electron chi connectivity index (χ4n) is 2.04. The summed E-state index contributed by atoms with van der Waals surface area (Å²) in [5.41, 5.74) is 3.91. The van der Waals surface area contributed by atoms with Crippen molar-refractivity contribution in [2.75, 3.05) is 17.2 Å². The molecule has 2 rings (SSSR count). The van der Waals surface area contributed by atoms with E-state index in [1.807, 2.05) is 31.2 Å². The Morgan fingerprint density at radius 1 is 1.09 bits per heavy atom. The van der Waals surface area contributed by atoms with Crippen molar-refractivity contribution in [1.82, 2.24) is 0 Å². The summed E-state index contributed by atoms with van der Waals surface area (Å²) in [5.74, 6) is 0.400. The highest BCUT2D eigenvalue weighted by atomic mass is 35.5. The van der Waals surface area contributed by atoms with Crippen molar-refractivity contribution in [3.8, 4) is 0 Å². The molecule has 3 nitrogen and oxygen atoms in total. The smallest absolute Gasteiger partial charge is 0.243 e. The predicted molar refractivity (Wildman–Crippen MR) is 93.8 cm³/mol. The monoisotopic (exact) mass is 316 g/mol. The third-order valence-electron chi connectivity index (χ3n) is 3.49. The van der Waals surface area contributed by atoms with Crippen molar-refractivity contribution in [2.45, 2.75) is 26.7 Å². The maximum atomic E-state index is 11.9. The van der Waals surface area contributed by atoms with E-state index in [9.17, 15) is 4.79 Å². The third kappa shape index (κ3) is 4.50. The van der Waals surface area contributed by atoms with Crippen LogP contribution in [0.5, 0.6) is 0 Å². The van der Waals surface area contributed by atoms with Gasteiger partial charge in [0.1, 0.15) is 0 Å². The number of rotatable bonds is 5. The SMILES string of the molecule is Cc1ccc(NC(=O)CNc2ccc(C(C)C)cc2)cc1Cl. The van der Waals surface area contributed by atoms with Crippen LogP contribution in [0.2, 0.25) is 5.02 Å². The van der Waals surface area contributed by atoms with E-state index in [0.717, 1.165) is 11.3 Å². The fraction of sp³-hybridized carbons (Fsp3) is 0.278. The molecule has 0 saturated carbocycles. The van der Waals surface area contributed by atoms with E-state index >= 15 is 0 Å². The molecule has 2 N–H and O–H groups in total. The highest BCUT2D eigenvalue weighted by Gasteiger charge is 2.04. The molecule has 22 heavy (non-hydrogen) atoms. The Kier molecular flexibility index (Phi) is 5.45. The van der Waals surface area contributed by atoms with Crippen LogP contribution >= 0.6 is 11.6 Å². The van der Waals surface area contributed by atoms with E-state index in [-0.39, 0.29) is 12.5 Å². The minimum absolute atomic E-state index is 0.104. The van der Waals surface area contributed by atoms with Crippen molar-refractivity contribution in [3.05, 3.63) is 58.6 Å². The zero-order valence-corrected chi connectivity index (χ0v) is 13.9. The molecule has 0 bridgehead atoms. The van der Waals surface area contributed by atoms with E-state index in [2.05, 4.69) is 36.6 Å². The summed E-state index contributed by atoms with van der Waals surface area (Å²) in [7, 11) is 0. The Morgan fingerprint density at radius 2 is 1.73 bits per heavy atom. The number of halogens is 1. The molecule has 0 aliphatic heterocycles. The zero-order valence-electron chi connectivity index (χ0n) is 13.1. The number of hydrogen-bond donors (Lipinski definition) is 2. The van der Waals surface area contributed by atoms with Gasteiger partial charge < -0.3 is 10.6 Å². The average Bonchev–Trinajstić information content (AvgIpc) is 2.49. The molecule has 2 aromatic carbocycles. The molecule has 0 aliphatic rings. The Labute approximate surface area is 136 Å². The highest BCUT2D eigenvalue weighted by Crippen LogP contribution is 2.20. The molecule has 0 saturated heterocycles. The van der Waals surface area contributed by atoms with Crippen molar-refractivity contribution in [3.63, 3.8) is 0 Å². The molecular formula is C18H21ClN2O. The largest absolute Gasteiger partial charge is 0.376 e. The maximum Gasteiger partial charge on any atom is 0.243 e. The minimum atomic E-state index is -0.104. The van der Waals surface area contributed by atoms with Gasteiger partial charge >= 0.3 is 0 Å². The quantitative estimate of drug-likeness (QED) is 0.830. The van der Waals surface area contributed by atoms with E-state index in [0.29, 0.717) is 16.6 Å². The second kappa shape index (κ2) is 7.32. The first kappa shape index (κ1) is 16.4. The third-order valence-corrected chi connectivity index (χ3v) is 3.89. The topological polar surface area (TPSA) is 41.1 Å². The van der Waals surface area contributed by atoms with Crippen LogP contribution in [0.4, 0.5) is 11.4 Å². The average molecular weight is 317 g/mol. The molecule has 0 fully saturated rings. The van der Waals surface area contributed by atoms with Gasteiger partial charge in [0.15, 0.2) is 0 Å². The van der Waals surface area contributed by atoms with Crippen molar-refractivity contribution in [2.24, 2.45) is 0 Å². The lowest BCUT2D eigenvalue weighted by molar-refractivity contribution is -0.114. The summed E-state index contributed by atoms with van der Waals surface area (Å²) in [4.78, 5) is 11.9. The number of benzene rings is 2. The molecule has 1 amide bonds. The van der Waals surface area contributed by atoms with Crippen LogP contribution in [-0.2, 0) is 4.79 Å². The Morgan fingerprint density at radius 3 is 2.32 bits per heavy atom. The van der Waals surface area contributed by atoms with Crippen LogP contribution in [-0.4, -0.2) is 12.5 Å². The number of aryl methyl sites for hydroxylation is 1. The van der Waals surface area contributed by atoms with Crippen molar-refractivity contribution < 1.29 is 4.79 Å². The zero-order chi connectivity index (χ0) is 16.1. The predicted octanol–water partition coefficient (Wildman–Crippen LogP) is 4.82. The van der Waals surface area contributed by atoms with Gasteiger partial charge in [-0.1, -0.05) is 43.6 Å². The minimum Gasteiger partial charge on any atom is -0.376 e. The molecule has 0 atom stereocenters. The first-order chi connectivity index (χ1) is 10.5. The van der Waals surface area contributed by atoms with Gasteiger partial charge in [0, 0.05) is 16.4 Å². The second-order valence-corrected chi connectivity index (χ2v) is 6.05. The summed E-state index contributed by atoms with van der Waals surface area (Å²) >= 11 is 6.04. The van der Waals surface area contributed by atoms with Gasteiger partial charge in [-0.05, 0) is 48.2 Å². The molecule has 116 valence electrons. The lowest BCUT2D eigenvalue weighted by Crippen LogP contribution is -2.21. The van der Waals surface area contributed by atoms with Gasteiger partial charge in [-0.15, -0.1) is 0 Å². The molecule has 0 unspecified atom stereocenters. The molecular weight excluding hydrogens is 296 g/mol. The molecule has 0 heterocycles. The normalized spacial score (nSPS) is 10.6. The number of hydrogen-bond acceptors (Lipinski definition) is 2.